The molecule has 0 aliphatic heterocycles. The zero-order valence-electron chi connectivity index (χ0n) is 21.8. The molecule has 0 saturated heterocycles. The quantitative estimate of drug-likeness (QED) is 0.231. The number of rotatable bonds is 7. The number of nitrogens with zero attached hydrogens (tertiary/aromatic N) is 1. The third kappa shape index (κ3) is 4.67. The smallest absolute Gasteiger partial charge is 0.339 e. The van der Waals surface area contributed by atoms with E-state index in [9.17, 15) is 9.59 Å². The summed E-state index contributed by atoms with van der Waals surface area (Å²) in [7, 11) is 3.12. The Morgan fingerprint density at radius 3 is 2.33 bits per heavy atom. The van der Waals surface area contributed by atoms with Crippen molar-refractivity contribution in [1.29, 1.82) is 0 Å². The van der Waals surface area contributed by atoms with Crippen molar-refractivity contribution in [3.05, 3.63) is 96.6 Å². The van der Waals surface area contributed by atoms with E-state index in [1.54, 1.807) is 25.3 Å². The van der Waals surface area contributed by atoms with E-state index in [2.05, 4.69) is 5.32 Å². The fourth-order valence-corrected chi connectivity index (χ4v) is 4.67. The molecule has 0 atom stereocenters. The van der Waals surface area contributed by atoms with E-state index < -0.39 is 18.5 Å². The van der Waals surface area contributed by atoms with E-state index in [0.717, 1.165) is 21.9 Å². The number of esters is 1. The summed E-state index contributed by atoms with van der Waals surface area (Å²) in [6.45, 7) is -0.491. The molecule has 2 aromatic heterocycles. The molecule has 0 aliphatic carbocycles. The molecular weight excluding hydrogens is 508 g/mol. The largest absolute Gasteiger partial charge is 0.497 e. The van der Waals surface area contributed by atoms with E-state index >= 15 is 0 Å². The molecule has 4 aromatic carbocycles. The topological polar surface area (TPSA) is 99.9 Å². The summed E-state index contributed by atoms with van der Waals surface area (Å²) in [6, 6.07) is 27.5. The standard InChI is InChI=1S/C32H24N2O6/c1-37-20-13-11-19(12-14-20)26-15-24(21-7-3-5-9-25(21)33-26)32(36)39-18-31(35)34-27-17-29-23(16-30(27)38-2)22-8-4-6-10-28(22)40-29/h3-17H,18H2,1-2H3,(H,34,35). The van der Waals surface area contributed by atoms with Crippen LogP contribution in [0.4, 0.5) is 5.69 Å². The van der Waals surface area contributed by atoms with Gasteiger partial charge in [0, 0.05) is 27.8 Å². The Kier molecular flexibility index (Phi) is 6.49. The molecular formula is C32H24N2O6. The van der Waals surface area contributed by atoms with Crippen LogP contribution in [0.1, 0.15) is 10.4 Å². The van der Waals surface area contributed by atoms with Gasteiger partial charge in [0.05, 0.1) is 36.7 Å². The van der Waals surface area contributed by atoms with Crippen LogP contribution >= 0.6 is 0 Å². The number of fused-ring (bicyclic) bond motifs is 4. The van der Waals surface area contributed by atoms with Gasteiger partial charge in [0.25, 0.3) is 5.91 Å². The number of ether oxygens (including phenoxy) is 3. The number of carbonyl (C=O) groups excluding carboxylic acids is 2. The summed E-state index contributed by atoms with van der Waals surface area (Å²) in [5.41, 5.74) is 4.10. The van der Waals surface area contributed by atoms with E-state index in [1.165, 1.54) is 7.11 Å². The van der Waals surface area contributed by atoms with Gasteiger partial charge in [0.15, 0.2) is 6.61 Å². The number of para-hydroxylation sites is 2. The number of pyridine rings is 1. The number of benzene rings is 4. The second-order valence-electron chi connectivity index (χ2n) is 9.07. The average Bonchev–Trinajstić information content (AvgIpc) is 3.36. The highest BCUT2D eigenvalue weighted by Crippen LogP contribution is 2.36. The normalized spacial score (nSPS) is 11.1. The van der Waals surface area contributed by atoms with Crippen LogP contribution in [0.2, 0.25) is 0 Å². The fraction of sp³-hybridized carbons (Fsp3) is 0.0938. The van der Waals surface area contributed by atoms with Gasteiger partial charge in [-0.25, -0.2) is 9.78 Å². The van der Waals surface area contributed by atoms with Gasteiger partial charge in [-0.3, -0.25) is 4.79 Å². The van der Waals surface area contributed by atoms with Crippen molar-refractivity contribution >= 4 is 50.4 Å². The van der Waals surface area contributed by atoms with E-state index in [1.807, 2.05) is 72.8 Å². The maximum Gasteiger partial charge on any atom is 0.339 e. The van der Waals surface area contributed by atoms with Crippen molar-refractivity contribution in [2.75, 3.05) is 26.1 Å². The van der Waals surface area contributed by atoms with Gasteiger partial charge >= 0.3 is 5.97 Å². The minimum atomic E-state index is -0.636. The molecule has 0 fully saturated rings. The summed E-state index contributed by atoms with van der Waals surface area (Å²) in [4.78, 5) is 30.7. The zero-order chi connectivity index (χ0) is 27.6. The van der Waals surface area contributed by atoms with Gasteiger partial charge in [-0.15, -0.1) is 0 Å². The third-order valence-electron chi connectivity index (χ3n) is 6.63. The molecule has 8 heteroatoms. The first-order valence-corrected chi connectivity index (χ1v) is 12.5. The predicted octanol–water partition coefficient (Wildman–Crippen LogP) is 6.61. The Hall–Kier alpha value is -5.37. The Labute approximate surface area is 229 Å². The van der Waals surface area contributed by atoms with Crippen LogP contribution in [0.25, 0.3) is 44.1 Å². The van der Waals surface area contributed by atoms with Gasteiger partial charge in [-0.05, 0) is 48.5 Å². The molecule has 2 heterocycles. The summed E-state index contributed by atoms with van der Waals surface area (Å²) >= 11 is 0. The van der Waals surface area contributed by atoms with Crippen LogP contribution in [-0.2, 0) is 9.53 Å². The molecule has 1 amide bonds. The molecule has 0 aliphatic rings. The first kappa shape index (κ1) is 24.9. The summed E-state index contributed by atoms with van der Waals surface area (Å²) in [6.07, 6.45) is 0. The highest BCUT2D eigenvalue weighted by Gasteiger charge is 2.18. The van der Waals surface area contributed by atoms with Crippen LogP contribution in [-0.4, -0.2) is 37.7 Å². The van der Waals surface area contributed by atoms with Gasteiger partial charge in [-0.2, -0.15) is 0 Å². The molecule has 8 nitrogen and oxygen atoms in total. The van der Waals surface area contributed by atoms with Gasteiger partial charge in [-0.1, -0.05) is 36.4 Å². The summed E-state index contributed by atoms with van der Waals surface area (Å²) in [5, 5.41) is 5.21. The minimum Gasteiger partial charge on any atom is -0.497 e. The van der Waals surface area contributed by atoms with Crippen molar-refractivity contribution in [2.24, 2.45) is 0 Å². The predicted molar refractivity (Wildman–Crippen MR) is 153 cm³/mol. The second kappa shape index (κ2) is 10.4. The maximum absolute atomic E-state index is 13.2. The van der Waals surface area contributed by atoms with Gasteiger partial charge in [0.2, 0.25) is 0 Å². The molecule has 0 unspecified atom stereocenters. The van der Waals surface area contributed by atoms with Crippen LogP contribution < -0.4 is 14.8 Å². The molecule has 198 valence electrons. The van der Waals surface area contributed by atoms with Crippen molar-refractivity contribution < 1.29 is 28.2 Å². The average molecular weight is 533 g/mol. The number of anilines is 1. The van der Waals surface area contributed by atoms with Gasteiger partial charge in [0.1, 0.15) is 22.7 Å². The van der Waals surface area contributed by atoms with E-state index in [4.69, 9.17) is 23.6 Å². The van der Waals surface area contributed by atoms with Crippen LogP contribution in [0.3, 0.4) is 0 Å². The summed E-state index contributed by atoms with van der Waals surface area (Å²) < 4.78 is 22.1. The SMILES string of the molecule is COc1ccc(-c2cc(C(=O)OCC(=O)Nc3cc4oc5ccccc5c4cc3OC)c3ccccc3n2)cc1. The van der Waals surface area contributed by atoms with Crippen molar-refractivity contribution in [2.45, 2.75) is 0 Å². The van der Waals surface area contributed by atoms with E-state index in [-0.39, 0.29) is 0 Å². The number of hydrogen-bond donors (Lipinski definition) is 1. The Morgan fingerprint density at radius 2 is 1.55 bits per heavy atom. The molecule has 0 bridgehead atoms. The molecule has 6 aromatic rings. The lowest BCUT2D eigenvalue weighted by molar-refractivity contribution is -0.119. The number of nitrogens with one attached hydrogen (secondary N) is 1. The van der Waals surface area contributed by atoms with Crippen molar-refractivity contribution in [1.82, 2.24) is 4.98 Å². The lowest BCUT2D eigenvalue weighted by atomic mass is 10.0. The molecule has 40 heavy (non-hydrogen) atoms. The Balaban J connectivity index is 1.23. The highest BCUT2D eigenvalue weighted by molar-refractivity contribution is 6.08. The summed E-state index contributed by atoms with van der Waals surface area (Å²) in [5.74, 6) is 0.0216. The number of carbonyl (C=O) groups is 2. The number of hydrogen-bond acceptors (Lipinski definition) is 7. The van der Waals surface area contributed by atoms with Crippen molar-refractivity contribution in [3.8, 4) is 22.8 Å². The van der Waals surface area contributed by atoms with Crippen LogP contribution in [0.15, 0.2) is 95.4 Å². The number of methoxy groups -OCH3 is 2. The third-order valence-corrected chi connectivity index (χ3v) is 6.63. The monoisotopic (exact) mass is 532 g/mol. The van der Waals surface area contributed by atoms with Crippen LogP contribution in [0.5, 0.6) is 11.5 Å². The second-order valence-corrected chi connectivity index (χ2v) is 9.07. The Bertz CT molecular complexity index is 1890. The molecule has 1 N–H and O–H groups in total. The zero-order valence-corrected chi connectivity index (χ0v) is 21.8. The lowest BCUT2D eigenvalue weighted by Gasteiger charge is -2.12. The molecule has 0 radical (unpaired) electrons. The minimum absolute atomic E-state index is 0.311. The van der Waals surface area contributed by atoms with E-state index in [0.29, 0.717) is 44.9 Å². The first-order chi connectivity index (χ1) is 19.5. The molecule has 0 saturated carbocycles. The lowest BCUT2D eigenvalue weighted by Crippen LogP contribution is -2.21. The maximum atomic E-state index is 13.2. The molecule has 0 spiro atoms. The Morgan fingerprint density at radius 1 is 0.800 bits per heavy atom. The fourth-order valence-electron chi connectivity index (χ4n) is 4.67. The highest BCUT2D eigenvalue weighted by atomic mass is 16.5. The molecule has 6 rings (SSSR count). The van der Waals surface area contributed by atoms with Crippen LogP contribution in [0, 0.1) is 0 Å². The van der Waals surface area contributed by atoms with Gasteiger partial charge < -0.3 is 23.9 Å². The van der Waals surface area contributed by atoms with Crippen molar-refractivity contribution in [3.63, 3.8) is 0 Å². The first-order valence-electron chi connectivity index (χ1n) is 12.5. The number of aromatic nitrogens is 1. The number of furan rings is 1. The number of amides is 1.